The third kappa shape index (κ3) is 9.34. The number of hydrogen-bond donors (Lipinski definition) is 0. The molecule has 152 valence electrons. The summed E-state index contributed by atoms with van der Waals surface area (Å²) in [6.07, 6.45) is 6.73. The number of hydrogen-bond acceptors (Lipinski definition) is 5. The molecule has 0 aliphatic carbocycles. The van der Waals surface area contributed by atoms with Gasteiger partial charge in [-0.15, -0.1) is 0 Å². The van der Waals surface area contributed by atoms with Gasteiger partial charge in [0.2, 0.25) is 5.79 Å². The van der Waals surface area contributed by atoms with Crippen molar-refractivity contribution in [1.82, 2.24) is 0 Å². The average Bonchev–Trinajstić information content (AvgIpc) is 3.39. The molecular weight excluding hydrogens is 368 g/mol. The van der Waals surface area contributed by atoms with E-state index in [1.165, 1.54) is 6.42 Å². The Bertz CT molecular complexity index is 554. The van der Waals surface area contributed by atoms with Gasteiger partial charge in [-0.1, -0.05) is 51.1 Å². The molecular formula is C21H31ClO5. The molecule has 1 saturated heterocycles. The van der Waals surface area contributed by atoms with Gasteiger partial charge in [0, 0.05) is 11.4 Å². The van der Waals surface area contributed by atoms with E-state index < -0.39 is 11.9 Å². The van der Waals surface area contributed by atoms with Crippen LogP contribution >= 0.6 is 11.6 Å². The zero-order valence-electron chi connectivity index (χ0n) is 16.4. The van der Waals surface area contributed by atoms with E-state index in [1.807, 2.05) is 38.1 Å². The van der Waals surface area contributed by atoms with E-state index >= 15 is 0 Å². The monoisotopic (exact) mass is 398 g/mol. The molecule has 1 aromatic rings. The molecule has 0 spiro atoms. The van der Waals surface area contributed by atoms with Gasteiger partial charge in [-0.2, -0.15) is 0 Å². The third-order valence-corrected chi connectivity index (χ3v) is 4.56. The maximum Gasteiger partial charge on any atom is 0.510 e. The fourth-order valence-corrected chi connectivity index (χ4v) is 2.80. The number of ether oxygens (including phenoxy) is 4. The first-order chi connectivity index (χ1) is 13.0. The lowest BCUT2D eigenvalue weighted by atomic mass is 10.1. The maximum absolute atomic E-state index is 11.6. The number of rotatable bonds is 13. The Labute approximate surface area is 167 Å². The van der Waals surface area contributed by atoms with Crippen molar-refractivity contribution >= 4 is 17.8 Å². The molecule has 1 heterocycles. The Morgan fingerprint density at radius 3 is 2.37 bits per heavy atom. The zero-order valence-corrected chi connectivity index (χ0v) is 17.1. The molecule has 1 atom stereocenters. The van der Waals surface area contributed by atoms with E-state index in [-0.39, 0.29) is 0 Å². The van der Waals surface area contributed by atoms with Gasteiger partial charge in [0.25, 0.3) is 0 Å². The highest BCUT2D eigenvalue weighted by Crippen LogP contribution is 2.35. The number of carbonyl (C=O) groups is 1. The van der Waals surface area contributed by atoms with Crippen molar-refractivity contribution in [2.24, 2.45) is 5.92 Å². The number of carbonyl (C=O) groups excluding carboxylic acids is 1. The summed E-state index contributed by atoms with van der Waals surface area (Å²) in [5.74, 6) is 0.437. The summed E-state index contributed by atoms with van der Waals surface area (Å²) in [7, 11) is 0. The number of halogens is 1. The van der Waals surface area contributed by atoms with E-state index in [0.717, 1.165) is 55.9 Å². The first-order valence-electron chi connectivity index (χ1n) is 9.87. The van der Waals surface area contributed by atoms with Crippen LogP contribution in [0.1, 0.15) is 58.8 Å². The van der Waals surface area contributed by atoms with Crippen molar-refractivity contribution < 1.29 is 23.7 Å². The SMILES string of the molecule is CC(C)COC(=O)OC1(CCCCCCCCOc2ccc(Cl)cc2)CO1. The zero-order chi connectivity index (χ0) is 19.5. The van der Waals surface area contributed by atoms with Crippen molar-refractivity contribution in [1.29, 1.82) is 0 Å². The van der Waals surface area contributed by atoms with Crippen LogP contribution in [0.4, 0.5) is 4.79 Å². The minimum absolute atomic E-state index is 0.296. The highest BCUT2D eigenvalue weighted by molar-refractivity contribution is 6.30. The summed E-state index contributed by atoms with van der Waals surface area (Å²) in [5.41, 5.74) is 0. The fraction of sp³-hybridized carbons (Fsp3) is 0.667. The summed E-state index contributed by atoms with van der Waals surface area (Å²) in [6, 6.07) is 7.44. The smallest absolute Gasteiger partial charge is 0.494 e. The van der Waals surface area contributed by atoms with Gasteiger partial charge < -0.3 is 18.9 Å². The number of unbranched alkanes of at least 4 members (excludes halogenated alkanes) is 5. The highest BCUT2D eigenvalue weighted by atomic mass is 35.5. The lowest BCUT2D eigenvalue weighted by Gasteiger charge is -2.14. The third-order valence-electron chi connectivity index (χ3n) is 4.30. The molecule has 1 aromatic carbocycles. The van der Waals surface area contributed by atoms with Crippen LogP contribution in [-0.2, 0) is 14.2 Å². The molecule has 0 bridgehead atoms. The molecule has 1 unspecified atom stereocenters. The summed E-state index contributed by atoms with van der Waals surface area (Å²) in [4.78, 5) is 11.6. The van der Waals surface area contributed by atoms with Gasteiger partial charge >= 0.3 is 6.16 Å². The molecule has 1 aliphatic heterocycles. The maximum atomic E-state index is 11.6. The quantitative estimate of drug-likeness (QED) is 0.232. The van der Waals surface area contributed by atoms with E-state index in [2.05, 4.69) is 0 Å². The van der Waals surface area contributed by atoms with Crippen molar-refractivity contribution in [2.45, 2.75) is 64.6 Å². The summed E-state index contributed by atoms with van der Waals surface area (Å²) in [6.45, 7) is 5.55. The highest BCUT2D eigenvalue weighted by Gasteiger charge is 2.49. The van der Waals surface area contributed by atoms with Crippen LogP contribution in [0.3, 0.4) is 0 Å². The van der Waals surface area contributed by atoms with Crippen LogP contribution in [0.5, 0.6) is 5.75 Å². The predicted octanol–water partition coefficient (Wildman–Crippen LogP) is 5.99. The van der Waals surface area contributed by atoms with Gasteiger partial charge in [-0.05, 0) is 43.0 Å². The number of benzene rings is 1. The molecule has 0 aromatic heterocycles. The standard InChI is InChI=1S/C21H31ClO5/c1-17(2)15-25-20(23)27-21(16-26-21)13-7-5-3-4-6-8-14-24-19-11-9-18(22)10-12-19/h9-12,17H,3-8,13-16H2,1-2H3. The van der Waals surface area contributed by atoms with E-state index in [9.17, 15) is 4.79 Å². The van der Waals surface area contributed by atoms with Crippen LogP contribution < -0.4 is 4.74 Å². The van der Waals surface area contributed by atoms with Gasteiger partial charge in [-0.3, -0.25) is 0 Å². The Kier molecular flexibility index (Phi) is 9.22. The Morgan fingerprint density at radius 2 is 1.74 bits per heavy atom. The molecule has 5 nitrogen and oxygen atoms in total. The van der Waals surface area contributed by atoms with Crippen LogP contribution in [0.15, 0.2) is 24.3 Å². The lowest BCUT2D eigenvalue weighted by molar-refractivity contribution is -0.0424. The van der Waals surface area contributed by atoms with Gasteiger partial charge in [0.05, 0.1) is 13.2 Å². The second-order valence-corrected chi connectivity index (χ2v) is 7.87. The van der Waals surface area contributed by atoms with Crippen LogP contribution in [-0.4, -0.2) is 31.8 Å². The predicted molar refractivity (Wildman–Crippen MR) is 105 cm³/mol. The molecule has 0 saturated carbocycles. The molecule has 2 rings (SSSR count). The second kappa shape index (κ2) is 11.4. The Hall–Kier alpha value is -1.46. The summed E-state index contributed by atoms with van der Waals surface area (Å²) in [5, 5.41) is 0.721. The minimum atomic E-state index is -0.722. The molecule has 0 radical (unpaired) electrons. The first kappa shape index (κ1) is 21.8. The van der Waals surface area contributed by atoms with E-state index in [4.69, 9.17) is 30.5 Å². The average molecular weight is 399 g/mol. The molecule has 6 heteroatoms. The van der Waals surface area contributed by atoms with Gasteiger partial charge in [0.1, 0.15) is 12.4 Å². The molecule has 0 amide bonds. The Balaban J connectivity index is 1.43. The van der Waals surface area contributed by atoms with Crippen LogP contribution in [0, 0.1) is 5.92 Å². The fourth-order valence-electron chi connectivity index (χ4n) is 2.68. The second-order valence-electron chi connectivity index (χ2n) is 7.43. The van der Waals surface area contributed by atoms with Gasteiger partial charge in [-0.25, -0.2) is 4.79 Å². The van der Waals surface area contributed by atoms with Gasteiger partial charge in [0.15, 0.2) is 0 Å². The topological polar surface area (TPSA) is 57.3 Å². The minimum Gasteiger partial charge on any atom is -0.494 e. The molecule has 1 aliphatic rings. The van der Waals surface area contributed by atoms with Crippen molar-refractivity contribution in [3.05, 3.63) is 29.3 Å². The van der Waals surface area contributed by atoms with Crippen molar-refractivity contribution in [3.8, 4) is 5.75 Å². The molecule has 1 fully saturated rings. The van der Waals surface area contributed by atoms with Crippen molar-refractivity contribution in [3.63, 3.8) is 0 Å². The van der Waals surface area contributed by atoms with Crippen LogP contribution in [0.25, 0.3) is 0 Å². The number of epoxide rings is 1. The molecule has 27 heavy (non-hydrogen) atoms. The summed E-state index contributed by atoms with van der Waals surface area (Å²) >= 11 is 5.84. The van der Waals surface area contributed by atoms with Crippen LogP contribution in [0.2, 0.25) is 5.02 Å². The van der Waals surface area contributed by atoms with E-state index in [1.54, 1.807) is 0 Å². The van der Waals surface area contributed by atoms with Crippen molar-refractivity contribution in [2.75, 3.05) is 19.8 Å². The van der Waals surface area contributed by atoms with E-state index in [0.29, 0.717) is 19.1 Å². The largest absolute Gasteiger partial charge is 0.510 e. The lowest BCUT2D eigenvalue weighted by Crippen LogP contribution is -2.23. The normalized spacial score (nSPS) is 18.4. The molecule has 0 N–H and O–H groups in total. The first-order valence-corrected chi connectivity index (χ1v) is 10.2. The Morgan fingerprint density at radius 1 is 1.11 bits per heavy atom. The summed E-state index contributed by atoms with van der Waals surface area (Å²) < 4.78 is 21.4.